The molecule has 17 heavy (non-hydrogen) atoms. The van der Waals surface area contributed by atoms with Crippen LogP contribution in [0, 0.1) is 12.8 Å². The van der Waals surface area contributed by atoms with E-state index in [2.05, 4.69) is 5.32 Å². The number of nitrogens with one attached hydrogen (secondary N) is 1. The van der Waals surface area contributed by atoms with Crippen LogP contribution in [0.2, 0.25) is 0 Å². The lowest BCUT2D eigenvalue weighted by Gasteiger charge is -2.13. The lowest BCUT2D eigenvalue weighted by molar-refractivity contribution is 0.0697. The average Bonchev–Trinajstić information content (AvgIpc) is 2.80. The second-order valence-corrected chi connectivity index (χ2v) is 5.60. The number of benzene rings is 1. The third kappa shape index (κ3) is 3.16. The summed E-state index contributed by atoms with van der Waals surface area (Å²) in [6.45, 7) is 2.94. The number of rotatable bonds is 4. The Morgan fingerprint density at radius 1 is 1.59 bits per heavy atom. The molecule has 1 heterocycles. The third-order valence-corrected chi connectivity index (χ3v) is 4.32. The summed E-state index contributed by atoms with van der Waals surface area (Å²) in [5.41, 5.74) is 2.39. The van der Waals surface area contributed by atoms with Gasteiger partial charge in [0.15, 0.2) is 0 Å². The Hall–Kier alpha value is -1.16. The Bertz CT molecular complexity index is 414. The minimum atomic E-state index is -0.871. The lowest BCUT2D eigenvalue weighted by Crippen LogP contribution is -2.14. The van der Waals surface area contributed by atoms with Gasteiger partial charge in [-0.1, -0.05) is 6.07 Å². The van der Waals surface area contributed by atoms with Crippen molar-refractivity contribution in [3.63, 3.8) is 0 Å². The molecule has 0 aliphatic carbocycles. The van der Waals surface area contributed by atoms with E-state index in [4.69, 9.17) is 5.11 Å². The molecule has 92 valence electrons. The highest BCUT2D eigenvalue weighted by molar-refractivity contribution is 7.99. The first-order valence-corrected chi connectivity index (χ1v) is 6.98. The molecule has 1 aliphatic heterocycles. The van der Waals surface area contributed by atoms with Gasteiger partial charge in [-0.15, -0.1) is 0 Å². The maximum absolute atomic E-state index is 10.9. The fourth-order valence-corrected chi connectivity index (χ4v) is 3.23. The number of hydrogen-bond donors (Lipinski definition) is 2. The van der Waals surface area contributed by atoms with Crippen LogP contribution in [-0.4, -0.2) is 29.1 Å². The van der Waals surface area contributed by atoms with Crippen LogP contribution in [0.25, 0.3) is 0 Å². The molecule has 1 aliphatic rings. The van der Waals surface area contributed by atoms with Crippen molar-refractivity contribution in [3.8, 4) is 0 Å². The molecule has 1 fully saturated rings. The Morgan fingerprint density at radius 2 is 2.41 bits per heavy atom. The molecule has 1 saturated heterocycles. The van der Waals surface area contributed by atoms with Crippen molar-refractivity contribution >= 4 is 23.4 Å². The first kappa shape index (κ1) is 12.3. The molecule has 4 heteroatoms. The molecule has 0 saturated carbocycles. The Kier molecular flexibility index (Phi) is 3.94. The number of anilines is 1. The van der Waals surface area contributed by atoms with Crippen molar-refractivity contribution in [1.82, 2.24) is 0 Å². The number of aromatic carboxylic acids is 1. The molecular weight excluding hydrogens is 234 g/mol. The molecule has 3 nitrogen and oxygen atoms in total. The van der Waals surface area contributed by atoms with Gasteiger partial charge in [0.25, 0.3) is 0 Å². The monoisotopic (exact) mass is 251 g/mol. The van der Waals surface area contributed by atoms with Crippen LogP contribution in [0.4, 0.5) is 5.69 Å². The van der Waals surface area contributed by atoms with Gasteiger partial charge in [-0.05, 0) is 48.5 Å². The summed E-state index contributed by atoms with van der Waals surface area (Å²) in [5.74, 6) is 2.31. The lowest BCUT2D eigenvalue weighted by atomic mass is 10.1. The number of carbonyl (C=O) groups is 1. The molecule has 1 unspecified atom stereocenters. The molecule has 1 aromatic rings. The highest BCUT2D eigenvalue weighted by Gasteiger charge is 2.15. The zero-order chi connectivity index (χ0) is 12.3. The number of thioether (sulfide) groups is 1. The normalized spacial score (nSPS) is 19.2. The minimum Gasteiger partial charge on any atom is -0.478 e. The predicted octanol–water partition coefficient (Wildman–Crippen LogP) is 2.86. The van der Waals surface area contributed by atoms with Gasteiger partial charge < -0.3 is 10.4 Å². The van der Waals surface area contributed by atoms with E-state index in [-0.39, 0.29) is 0 Å². The van der Waals surface area contributed by atoms with Gasteiger partial charge in [-0.2, -0.15) is 11.8 Å². The minimum absolute atomic E-state index is 0.346. The Morgan fingerprint density at radius 3 is 3.06 bits per heavy atom. The van der Waals surface area contributed by atoms with E-state index in [1.807, 2.05) is 24.8 Å². The summed E-state index contributed by atoms with van der Waals surface area (Å²) in [6, 6.07) is 5.23. The van der Waals surface area contributed by atoms with Gasteiger partial charge in [0, 0.05) is 12.2 Å². The van der Waals surface area contributed by atoms with Gasteiger partial charge in [-0.25, -0.2) is 4.79 Å². The summed E-state index contributed by atoms with van der Waals surface area (Å²) in [7, 11) is 0. The fraction of sp³-hybridized carbons (Fsp3) is 0.462. The molecule has 0 spiro atoms. The van der Waals surface area contributed by atoms with Gasteiger partial charge in [0.05, 0.1) is 5.56 Å². The molecule has 0 aromatic heterocycles. The van der Waals surface area contributed by atoms with Crippen molar-refractivity contribution in [1.29, 1.82) is 0 Å². The fourth-order valence-electron chi connectivity index (χ4n) is 1.94. The van der Waals surface area contributed by atoms with Gasteiger partial charge in [0.2, 0.25) is 0 Å². The van der Waals surface area contributed by atoms with E-state index in [1.165, 1.54) is 17.9 Å². The first-order chi connectivity index (χ1) is 8.16. The quantitative estimate of drug-likeness (QED) is 0.864. The summed E-state index contributed by atoms with van der Waals surface area (Å²) in [5, 5.41) is 12.3. The van der Waals surface area contributed by atoms with Crippen LogP contribution in [0.3, 0.4) is 0 Å². The zero-order valence-electron chi connectivity index (χ0n) is 9.90. The predicted molar refractivity (Wildman–Crippen MR) is 72.1 cm³/mol. The Labute approximate surface area is 106 Å². The molecule has 1 atom stereocenters. The van der Waals surface area contributed by atoms with E-state index in [0.29, 0.717) is 11.5 Å². The first-order valence-electron chi connectivity index (χ1n) is 5.82. The van der Waals surface area contributed by atoms with Crippen LogP contribution in [0.5, 0.6) is 0 Å². The van der Waals surface area contributed by atoms with E-state index >= 15 is 0 Å². The van der Waals surface area contributed by atoms with Crippen molar-refractivity contribution in [2.45, 2.75) is 13.3 Å². The topological polar surface area (TPSA) is 49.3 Å². The van der Waals surface area contributed by atoms with Crippen LogP contribution in [0.1, 0.15) is 22.3 Å². The molecule has 1 aromatic carbocycles. The maximum Gasteiger partial charge on any atom is 0.335 e. The standard InChI is InChI=1S/C13H17NO2S/c1-9-2-3-11(13(15)16)6-12(9)14-7-10-4-5-17-8-10/h2-3,6,10,14H,4-5,7-8H2,1H3,(H,15,16). The second kappa shape index (κ2) is 5.45. The second-order valence-electron chi connectivity index (χ2n) is 4.45. The van der Waals surface area contributed by atoms with Crippen molar-refractivity contribution in [2.24, 2.45) is 5.92 Å². The highest BCUT2D eigenvalue weighted by Crippen LogP contribution is 2.24. The molecular formula is C13H17NO2S. The maximum atomic E-state index is 10.9. The highest BCUT2D eigenvalue weighted by atomic mass is 32.2. The molecule has 0 bridgehead atoms. The smallest absolute Gasteiger partial charge is 0.335 e. The largest absolute Gasteiger partial charge is 0.478 e. The average molecular weight is 251 g/mol. The van der Waals surface area contributed by atoms with Gasteiger partial charge in [0.1, 0.15) is 0 Å². The van der Waals surface area contributed by atoms with Crippen molar-refractivity contribution < 1.29 is 9.90 Å². The summed E-state index contributed by atoms with van der Waals surface area (Å²) in [4.78, 5) is 10.9. The van der Waals surface area contributed by atoms with E-state index in [9.17, 15) is 4.79 Å². The van der Waals surface area contributed by atoms with Gasteiger partial charge >= 0.3 is 5.97 Å². The molecule has 0 radical (unpaired) electrons. The Balaban J connectivity index is 2.03. The third-order valence-electron chi connectivity index (χ3n) is 3.09. The number of carboxylic acid groups (broad SMARTS) is 1. The van der Waals surface area contributed by atoms with Crippen LogP contribution >= 0.6 is 11.8 Å². The SMILES string of the molecule is Cc1ccc(C(=O)O)cc1NCC1CCSC1. The van der Waals surface area contributed by atoms with Crippen LogP contribution in [0.15, 0.2) is 18.2 Å². The number of carboxylic acids is 1. The van der Waals surface area contributed by atoms with Gasteiger partial charge in [-0.3, -0.25) is 0 Å². The van der Waals surface area contributed by atoms with Crippen molar-refractivity contribution in [3.05, 3.63) is 29.3 Å². The molecule has 0 amide bonds. The summed E-state index contributed by atoms with van der Waals surface area (Å²) < 4.78 is 0. The number of hydrogen-bond acceptors (Lipinski definition) is 3. The van der Waals surface area contributed by atoms with E-state index < -0.39 is 5.97 Å². The number of aryl methyl sites for hydroxylation is 1. The molecule has 2 N–H and O–H groups in total. The molecule has 2 rings (SSSR count). The zero-order valence-corrected chi connectivity index (χ0v) is 10.7. The van der Waals surface area contributed by atoms with Crippen molar-refractivity contribution in [2.75, 3.05) is 23.4 Å². The van der Waals surface area contributed by atoms with Crippen LogP contribution < -0.4 is 5.32 Å². The summed E-state index contributed by atoms with van der Waals surface area (Å²) >= 11 is 2.00. The van der Waals surface area contributed by atoms with E-state index in [1.54, 1.807) is 12.1 Å². The summed E-state index contributed by atoms with van der Waals surface area (Å²) in [6.07, 6.45) is 1.26. The van der Waals surface area contributed by atoms with E-state index in [0.717, 1.165) is 17.8 Å². The van der Waals surface area contributed by atoms with Crippen LogP contribution in [-0.2, 0) is 0 Å².